The van der Waals surface area contributed by atoms with Gasteiger partial charge in [-0.05, 0) is 32.1 Å². The molecule has 0 spiro atoms. The summed E-state index contributed by atoms with van der Waals surface area (Å²) in [7, 11) is -0.112. The molecule has 2 N–H and O–H groups in total. The summed E-state index contributed by atoms with van der Waals surface area (Å²) >= 11 is 0. The number of rotatable bonds is 7. The molecule has 2 rings (SSSR count). The number of methoxy groups -OCH3 is 1. The van der Waals surface area contributed by atoms with Crippen molar-refractivity contribution < 1.29 is 13.2 Å². The molecule has 2 aromatic carbocycles. The molecule has 0 heterocycles. The lowest BCUT2D eigenvalue weighted by atomic mass is 10.1. The Hall–Kier alpha value is -1.34. The average Bonchev–Trinajstić information content (AvgIpc) is 2.50. The molecule has 0 atom stereocenters. The molecule has 7 heteroatoms. The van der Waals surface area contributed by atoms with Crippen molar-refractivity contribution in [2.75, 3.05) is 27.2 Å². The summed E-state index contributed by atoms with van der Waals surface area (Å²) < 4.78 is 32.8. The van der Waals surface area contributed by atoms with Crippen molar-refractivity contribution in [2.45, 2.75) is 11.3 Å². The molecule has 0 fully saturated rings. The van der Waals surface area contributed by atoms with E-state index in [4.69, 9.17) is 4.74 Å². The van der Waals surface area contributed by atoms with Crippen LogP contribution in [0.4, 0.5) is 0 Å². The van der Waals surface area contributed by atoms with Crippen molar-refractivity contribution in [3.8, 4) is 5.75 Å². The molecule has 0 aliphatic rings. The number of halogens is 1. The Morgan fingerprint density at radius 2 is 1.73 bits per heavy atom. The molecule has 0 saturated carbocycles. The van der Waals surface area contributed by atoms with Gasteiger partial charge in [-0.15, -0.1) is 12.4 Å². The molecule has 0 aliphatic carbocycles. The van der Waals surface area contributed by atoms with Gasteiger partial charge in [0, 0.05) is 17.3 Å². The van der Waals surface area contributed by atoms with Crippen molar-refractivity contribution in [3.63, 3.8) is 0 Å². The van der Waals surface area contributed by atoms with Crippen LogP contribution in [0.25, 0.3) is 10.8 Å². The quantitative estimate of drug-likeness (QED) is 0.755. The molecule has 0 radical (unpaired) electrons. The fourth-order valence-corrected chi connectivity index (χ4v) is 3.49. The minimum absolute atomic E-state index is 0. The summed E-state index contributed by atoms with van der Waals surface area (Å²) in [6, 6.07) is 10.6. The predicted octanol–water partition coefficient (Wildman–Crippen LogP) is 2.16. The highest BCUT2D eigenvalue weighted by atomic mass is 35.5. The van der Waals surface area contributed by atoms with Crippen molar-refractivity contribution in [1.82, 2.24) is 10.0 Å². The van der Waals surface area contributed by atoms with Gasteiger partial charge in [0.2, 0.25) is 10.0 Å². The summed E-state index contributed by atoms with van der Waals surface area (Å²) in [6.45, 7) is 1.18. The lowest BCUT2D eigenvalue weighted by Gasteiger charge is -2.12. The second-order valence-corrected chi connectivity index (χ2v) is 6.40. The van der Waals surface area contributed by atoms with E-state index in [0.29, 0.717) is 17.7 Å². The third-order valence-electron chi connectivity index (χ3n) is 3.25. The first-order valence-corrected chi connectivity index (χ1v) is 8.28. The molecule has 0 bridgehead atoms. The maximum Gasteiger partial charge on any atom is 0.241 e. The van der Waals surface area contributed by atoms with Crippen LogP contribution in [-0.4, -0.2) is 35.7 Å². The minimum Gasteiger partial charge on any atom is -0.496 e. The Morgan fingerprint density at radius 3 is 2.36 bits per heavy atom. The first-order valence-electron chi connectivity index (χ1n) is 6.80. The number of ether oxygens (including phenoxy) is 1. The summed E-state index contributed by atoms with van der Waals surface area (Å²) in [6.07, 6.45) is 0.740. The normalized spacial score (nSPS) is 11.2. The van der Waals surface area contributed by atoms with Gasteiger partial charge in [-0.2, -0.15) is 0 Å². The Bertz CT molecular complexity index is 720. The number of nitrogens with one attached hydrogen (secondary N) is 2. The third kappa shape index (κ3) is 4.10. The highest BCUT2D eigenvalue weighted by molar-refractivity contribution is 7.89. The molecule has 0 saturated heterocycles. The second kappa shape index (κ2) is 8.33. The van der Waals surface area contributed by atoms with E-state index >= 15 is 0 Å². The van der Waals surface area contributed by atoms with Crippen LogP contribution in [0.15, 0.2) is 41.3 Å². The van der Waals surface area contributed by atoms with Crippen LogP contribution >= 0.6 is 12.4 Å². The van der Waals surface area contributed by atoms with E-state index in [1.165, 1.54) is 0 Å². The maximum atomic E-state index is 12.4. The molecule has 0 aliphatic heterocycles. The zero-order valence-electron chi connectivity index (χ0n) is 12.6. The van der Waals surface area contributed by atoms with Crippen molar-refractivity contribution in [1.29, 1.82) is 0 Å². The molecule has 0 unspecified atom stereocenters. The Morgan fingerprint density at radius 1 is 1.05 bits per heavy atom. The molecule has 0 aromatic heterocycles. The third-order valence-corrected chi connectivity index (χ3v) is 4.77. The number of fused-ring (bicyclic) bond motifs is 1. The van der Waals surface area contributed by atoms with E-state index in [1.54, 1.807) is 25.3 Å². The van der Waals surface area contributed by atoms with Crippen LogP contribution in [0.1, 0.15) is 6.42 Å². The van der Waals surface area contributed by atoms with Crippen molar-refractivity contribution in [3.05, 3.63) is 36.4 Å². The van der Waals surface area contributed by atoms with Crippen LogP contribution in [0.3, 0.4) is 0 Å². The predicted molar refractivity (Wildman–Crippen MR) is 91.5 cm³/mol. The highest BCUT2D eigenvalue weighted by Crippen LogP contribution is 2.30. The van der Waals surface area contributed by atoms with Crippen molar-refractivity contribution in [2.24, 2.45) is 0 Å². The van der Waals surface area contributed by atoms with Gasteiger partial charge in [0.05, 0.1) is 12.0 Å². The van der Waals surface area contributed by atoms with E-state index in [1.807, 2.05) is 25.2 Å². The lowest BCUT2D eigenvalue weighted by Crippen LogP contribution is -2.27. The number of hydrogen-bond donors (Lipinski definition) is 2. The maximum absolute atomic E-state index is 12.4. The number of sulfonamides is 1. The summed E-state index contributed by atoms with van der Waals surface area (Å²) in [4.78, 5) is 0.281. The summed E-state index contributed by atoms with van der Waals surface area (Å²) in [5.74, 6) is 0.666. The van der Waals surface area contributed by atoms with Gasteiger partial charge in [-0.25, -0.2) is 13.1 Å². The Labute approximate surface area is 137 Å². The number of hydrogen-bond acceptors (Lipinski definition) is 4. The number of benzene rings is 2. The summed E-state index contributed by atoms with van der Waals surface area (Å²) in [5.41, 5.74) is 0. The van der Waals surface area contributed by atoms with Gasteiger partial charge in [0.25, 0.3) is 0 Å². The van der Waals surface area contributed by atoms with Crippen LogP contribution in [-0.2, 0) is 10.0 Å². The van der Waals surface area contributed by atoms with Crippen LogP contribution < -0.4 is 14.8 Å². The van der Waals surface area contributed by atoms with Crippen LogP contribution in [0, 0.1) is 0 Å². The van der Waals surface area contributed by atoms with Crippen LogP contribution in [0.5, 0.6) is 5.75 Å². The topological polar surface area (TPSA) is 67.4 Å². The second-order valence-electron chi connectivity index (χ2n) is 4.67. The fourth-order valence-electron chi connectivity index (χ4n) is 2.21. The molecule has 2 aromatic rings. The average molecular weight is 345 g/mol. The van der Waals surface area contributed by atoms with Gasteiger partial charge >= 0.3 is 0 Å². The standard InChI is InChI=1S/C15H20N2O3S.ClH/c1-16-10-5-11-17-21(18,19)15-9-8-14(20-2)12-6-3-4-7-13(12)15;/h3-4,6-9,16-17H,5,10-11H2,1-2H3;1H. The highest BCUT2D eigenvalue weighted by Gasteiger charge is 2.18. The monoisotopic (exact) mass is 344 g/mol. The van der Waals surface area contributed by atoms with Crippen LogP contribution in [0.2, 0.25) is 0 Å². The smallest absolute Gasteiger partial charge is 0.241 e. The Kier molecular flexibility index (Phi) is 7.09. The zero-order valence-corrected chi connectivity index (χ0v) is 14.3. The van der Waals surface area contributed by atoms with Gasteiger partial charge in [0.15, 0.2) is 0 Å². The molecule has 5 nitrogen and oxygen atoms in total. The van der Waals surface area contributed by atoms with E-state index < -0.39 is 10.0 Å². The minimum atomic E-state index is -3.53. The molecular weight excluding hydrogens is 324 g/mol. The van der Waals surface area contributed by atoms with E-state index in [2.05, 4.69) is 10.0 Å². The lowest BCUT2D eigenvalue weighted by molar-refractivity contribution is 0.419. The first kappa shape index (κ1) is 18.7. The van der Waals surface area contributed by atoms with E-state index in [9.17, 15) is 8.42 Å². The molecular formula is C15H21ClN2O3S. The fraction of sp³-hybridized carbons (Fsp3) is 0.333. The molecule has 0 amide bonds. The molecule has 22 heavy (non-hydrogen) atoms. The largest absolute Gasteiger partial charge is 0.496 e. The summed E-state index contributed by atoms with van der Waals surface area (Å²) in [5, 5.41) is 4.44. The van der Waals surface area contributed by atoms with E-state index in [-0.39, 0.29) is 17.3 Å². The SMILES string of the molecule is CNCCCNS(=O)(=O)c1ccc(OC)c2ccccc12.Cl. The van der Waals surface area contributed by atoms with Crippen molar-refractivity contribution >= 4 is 33.2 Å². The van der Waals surface area contributed by atoms with Gasteiger partial charge in [-0.3, -0.25) is 0 Å². The Balaban J connectivity index is 0.00000242. The van der Waals surface area contributed by atoms with Gasteiger partial charge in [-0.1, -0.05) is 24.3 Å². The molecule has 122 valence electrons. The zero-order chi connectivity index (χ0) is 15.3. The van der Waals surface area contributed by atoms with Gasteiger partial charge in [0.1, 0.15) is 5.75 Å². The van der Waals surface area contributed by atoms with E-state index in [0.717, 1.165) is 18.4 Å². The van der Waals surface area contributed by atoms with Gasteiger partial charge < -0.3 is 10.1 Å². The first-order chi connectivity index (χ1) is 10.1.